The first-order chi connectivity index (χ1) is 9.20. The molecule has 1 fully saturated rings. The van der Waals surface area contributed by atoms with Gasteiger partial charge in [-0.3, -0.25) is 4.79 Å². The molecule has 4 nitrogen and oxygen atoms in total. The Morgan fingerprint density at radius 2 is 2.10 bits per heavy atom. The molecule has 1 saturated carbocycles. The molecular formula is C12H12BrCl2NO3S. The molecule has 2 atom stereocenters. The highest BCUT2D eigenvalue weighted by Gasteiger charge is 2.32. The van der Waals surface area contributed by atoms with Crippen molar-refractivity contribution in [1.29, 1.82) is 0 Å². The van der Waals surface area contributed by atoms with Gasteiger partial charge in [0.05, 0.1) is 15.5 Å². The largest absolute Gasteiger partial charge is 0.352 e. The Morgan fingerprint density at radius 3 is 2.60 bits per heavy atom. The van der Waals surface area contributed by atoms with Gasteiger partial charge in [0.25, 0.3) is 15.0 Å². The van der Waals surface area contributed by atoms with E-state index < -0.39 is 15.0 Å². The number of rotatable bonds is 4. The van der Waals surface area contributed by atoms with Gasteiger partial charge < -0.3 is 5.32 Å². The Hall–Kier alpha value is -0.300. The predicted octanol–water partition coefficient (Wildman–Crippen LogP) is 3.42. The molecule has 1 aliphatic rings. The number of amides is 1. The zero-order chi connectivity index (χ0) is 15.1. The standard InChI is InChI=1S/C12H12BrCl2NO3S/c1-6-2-7(6)5-16-12(17)8-3-11(20(15,18)19)9(13)4-10(8)14/h3-4,6-7H,2,5H2,1H3,(H,16,17). The molecule has 2 rings (SSSR count). The van der Waals surface area contributed by atoms with Gasteiger partial charge >= 0.3 is 0 Å². The zero-order valence-corrected chi connectivity index (χ0v) is 14.4. The second kappa shape index (κ2) is 5.83. The number of benzene rings is 1. The summed E-state index contributed by atoms with van der Waals surface area (Å²) in [4.78, 5) is 11.9. The molecule has 0 spiro atoms. The summed E-state index contributed by atoms with van der Waals surface area (Å²) in [6, 6.07) is 2.53. The van der Waals surface area contributed by atoms with Crippen molar-refractivity contribution in [2.24, 2.45) is 11.8 Å². The Bertz CT molecular complexity index is 663. The monoisotopic (exact) mass is 399 g/mol. The van der Waals surface area contributed by atoms with Crippen molar-refractivity contribution in [3.8, 4) is 0 Å². The highest BCUT2D eigenvalue weighted by Crippen LogP contribution is 2.37. The van der Waals surface area contributed by atoms with Crippen LogP contribution < -0.4 is 5.32 Å². The molecule has 0 bridgehead atoms. The minimum atomic E-state index is -3.95. The minimum Gasteiger partial charge on any atom is -0.352 e. The maximum absolute atomic E-state index is 12.0. The van der Waals surface area contributed by atoms with Crippen molar-refractivity contribution in [2.75, 3.05) is 6.54 Å². The van der Waals surface area contributed by atoms with Gasteiger partial charge in [-0.2, -0.15) is 0 Å². The lowest BCUT2D eigenvalue weighted by Crippen LogP contribution is -2.26. The van der Waals surface area contributed by atoms with E-state index in [0.717, 1.165) is 6.42 Å². The van der Waals surface area contributed by atoms with Crippen LogP contribution in [0.4, 0.5) is 0 Å². The fourth-order valence-corrected chi connectivity index (χ4v) is 4.47. The molecule has 0 heterocycles. The summed E-state index contributed by atoms with van der Waals surface area (Å²) in [5.41, 5.74) is 0.0994. The van der Waals surface area contributed by atoms with Crippen LogP contribution in [0.1, 0.15) is 23.7 Å². The molecule has 1 N–H and O–H groups in total. The van der Waals surface area contributed by atoms with Gasteiger partial charge in [-0.15, -0.1) is 0 Å². The molecule has 20 heavy (non-hydrogen) atoms. The number of carbonyl (C=O) groups excluding carboxylic acids is 1. The van der Waals surface area contributed by atoms with Crippen LogP contribution in [0.5, 0.6) is 0 Å². The zero-order valence-electron chi connectivity index (χ0n) is 10.5. The Balaban J connectivity index is 2.24. The van der Waals surface area contributed by atoms with E-state index in [0.29, 0.717) is 18.4 Å². The summed E-state index contributed by atoms with van der Waals surface area (Å²) in [5.74, 6) is 0.710. The van der Waals surface area contributed by atoms with Crippen LogP contribution >= 0.6 is 38.2 Å². The number of hydrogen-bond acceptors (Lipinski definition) is 3. The van der Waals surface area contributed by atoms with E-state index in [2.05, 4.69) is 28.2 Å². The van der Waals surface area contributed by atoms with Gasteiger partial charge in [-0.05, 0) is 46.3 Å². The fourth-order valence-electron chi connectivity index (χ4n) is 1.89. The van der Waals surface area contributed by atoms with E-state index in [4.69, 9.17) is 22.3 Å². The number of carbonyl (C=O) groups is 1. The summed E-state index contributed by atoms with van der Waals surface area (Å²) in [6.45, 7) is 2.68. The normalized spacial score (nSPS) is 21.6. The second-order valence-corrected chi connectivity index (χ2v) is 8.68. The van der Waals surface area contributed by atoms with E-state index in [1.54, 1.807) is 0 Å². The van der Waals surface area contributed by atoms with Crippen LogP contribution in [-0.2, 0) is 9.05 Å². The van der Waals surface area contributed by atoms with E-state index in [1.165, 1.54) is 12.1 Å². The highest BCUT2D eigenvalue weighted by atomic mass is 79.9. The van der Waals surface area contributed by atoms with Crippen LogP contribution in [0, 0.1) is 11.8 Å². The maximum atomic E-state index is 12.0. The maximum Gasteiger partial charge on any atom is 0.262 e. The predicted molar refractivity (Wildman–Crippen MR) is 81.8 cm³/mol. The molecule has 110 valence electrons. The number of hydrogen-bond donors (Lipinski definition) is 1. The summed E-state index contributed by atoms with van der Waals surface area (Å²) in [7, 11) is 1.37. The topological polar surface area (TPSA) is 63.2 Å². The SMILES string of the molecule is CC1CC1CNC(=O)c1cc(S(=O)(=O)Cl)c(Br)cc1Cl. The van der Waals surface area contributed by atoms with E-state index in [9.17, 15) is 13.2 Å². The molecule has 1 aliphatic carbocycles. The molecule has 0 saturated heterocycles. The first-order valence-electron chi connectivity index (χ1n) is 5.92. The fraction of sp³-hybridized carbons (Fsp3) is 0.417. The smallest absolute Gasteiger partial charge is 0.262 e. The van der Waals surface area contributed by atoms with Crippen molar-refractivity contribution >= 4 is 53.2 Å². The van der Waals surface area contributed by atoms with E-state index in [1.807, 2.05) is 0 Å². The van der Waals surface area contributed by atoms with E-state index >= 15 is 0 Å². The molecule has 0 aromatic heterocycles. The highest BCUT2D eigenvalue weighted by molar-refractivity contribution is 9.10. The quantitative estimate of drug-likeness (QED) is 0.787. The molecule has 8 heteroatoms. The molecular weight excluding hydrogens is 389 g/mol. The number of nitrogens with one attached hydrogen (secondary N) is 1. The Morgan fingerprint density at radius 1 is 1.50 bits per heavy atom. The van der Waals surface area contributed by atoms with Gasteiger partial charge in [-0.1, -0.05) is 18.5 Å². The van der Waals surface area contributed by atoms with Gasteiger partial charge in [0.2, 0.25) is 0 Å². The lowest BCUT2D eigenvalue weighted by Gasteiger charge is -2.09. The molecule has 1 aromatic rings. The van der Waals surface area contributed by atoms with Crippen molar-refractivity contribution in [2.45, 2.75) is 18.2 Å². The van der Waals surface area contributed by atoms with Crippen LogP contribution in [-0.4, -0.2) is 20.9 Å². The van der Waals surface area contributed by atoms with Gasteiger partial charge in [0.15, 0.2) is 0 Å². The molecule has 1 amide bonds. The third-order valence-corrected chi connectivity index (χ3v) is 5.92. The van der Waals surface area contributed by atoms with Crippen LogP contribution in [0.2, 0.25) is 5.02 Å². The van der Waals surface area contributed by atoms with Crippen molar-refractivity contribution in [3.05, 3.63) is 27.2 Å². The first-order valence-corrected chi connectivity index (χ1v) is 9.40. The summed E-state index contributed by atoms with van der Waals surface area (Å²) >= 11 is 9.04. The average Bonchev–Trinajstić information content (AvgIpc) is 3.00. The average molecular weight is 401 g/mol. The summed E-state index contributed by atoms with van der Waals surface area (Å²) in [5, 5.41) is 2.92. The summed E-state index contributed by atoms with van der Waals surface area (Å²) in [6.07, 6.45) is 1.09. The second-order valence-electron chi connectivity index (χ2n) is 4.88. The van der Waals surface area contributed by atoms with Crippen LogP contribution in [0.3, 0.4) is 0 Å². The number of halogens is 3. The lowest BCUT2D eigenvalue weighted by molar-refractivity contribution is 0.0951. The van der Waals surface area contributed by atoms with Gasteiger partial charge in [-0.25, -0.2) is 8.42 Å². The van der Waals surface area contributed by atoms with Crippen molar-refractivity contribution < 1.29 is 13.2 Å². The van der Waals surface area contributed by atoms with Gasteiger partial charge in [0.1, 0.15) is 0 Å². The Labute approximate surface area is 135 Å². The molecule has 2 unspecified atom stereocenters. The lowest BCUT2D eigenvalue weighted by atomic mass is 10.2. The Kier molecular flexibility index (Phi) is 4.69. The van der Waals surface area contributed by atoms with Crippen LogP contribution in [0.15, 0.2) is 21.5 Å². The third-order valence-electron chi connectivity index (χ3n) is 3.33. The molecule has 1 aromatic carbocycles. The van der Waals surface area contributed by atoms with Crippen LogP contribution in [0.25, 0.3) is 0 Å². The van der Waals surface area contributed by atoms with Crippen molar-refractivity contribution in [1.82, 2.24) is 5.32 Å². The summed E-state index contributed by atoms with van der Waals surface area (Å²) < 4.78 is 23.1. The van der Waals surface area contributed by atoms with E-state index in [-0.39, 0.29) is 20.0 Å². The molecule has 0 aliphatic heterocycles. The first kappa shape index (κ1) is 16.1. The van der Waals surface area contributed by atoms with Crippen molar-refractivity contribution in [3.63, 3.8) is 0 Å². The molecule has 0 radical (unpaired) electrons. The minimum absolute atomic E-state index is 0.0994. The van der Waals surface area contributed by atoms with Gasteiger partial charge in [0, 0.05) is 21.7 Å². The third kappa shape index (κ3) is 3.67.